The molecule has 3 aromatic carbocycles. The molecule has 0 aliphatic rings. The molecule has 40 heavy (non-hydrogen) atoms. The summed E-state index contributed by atoms with van der Waals surface area (Å²) in [6, 6.07) is 19.7. The first-order chi connectivity index (χ1) is 19.2. The fraction of sp³-hybridized carbons (Fsp3) is 0.167. The number of aliphatic imine (C=N–C) groups is 1. The highest BCUT2D eigenvalue weighted by molar-refractivity contribution is 8.02. The third kappa shape index (κ3) is 6.13. The van der Waals surface area contributed by atoms with Gasteiger partial charge in [-0.1, -0.05) is 29.5 Å². The number of fused-ring (bicyclic) bond motifs is 1. The fourth-order valence-electron chi connectivity index (χ4n) is 4.29. The standard InChI is InChI=1S/C30H26N4O4S2/c1-17-13-18(2)28(19(3)14-17)33-29(35)20(4)39-30-32-25-11-7-22(15-27(25)40-30)31-16-24-10-12-26(38-24)21-5-8-23(9-6-21)34(36)37/h5-16,20H,1-4H3,(H,33,35). The highest BCUT2D eigenvalue weighted by Gasteiger charge is 2.19. The average molecular weight is 571 g/mol. The van der Waals surface area contributed by atoms with Gasteiger partial charge in [-0.25, -0.2) is 4.98 Å². The van der Waals surface area contributed by atoms with Crippen molar-refractivity contribution in [2.75, 3.05) is 5.32 Å². The summed E-state index contributed by atoms with van der Waals surface area (Å²) in [6.45, 7) is 7.94. The van der Waals surface area contributed by atoms with Crippen LogP contribution in [0.15, 0.2) is 80.5 Å². The number of hydrogen-bond donors (Lipinski definition) is 1. The monoisotopic (exact) mass is 570 g/mol. The van der Waals surface area contributed by atoms with Crippen LogP contribution in [-0.2, 0) is 4.79 Å². The topological polar surface area (TPSA) is 111 Å². The summed E-state index contributed by atoms with van der Waals surface area (Å²) < 4.78 is 7.63. The SMILES string of the molecule is Cc1cc(C)c(NC(=O)C(C)Sc2nc3ccc(N=Cc4ccc(-c5ccc([N+](=O)[O-])cc5)o4)cc3s2)c(C)c1. The summed E-state index contributed by atoms with van der Waals surface area (Å²) in [5.41, 5.74) is 6.51. The van der Waals surface area contributed by atoms with Gasteiger partial charge in [0.2, 0.25) is 5.91 Å². The maximum Gasteiger partial charge on any atom is 0.269 e. The van der Waals surface area contributed by atoms with Gasteiger partial charge in [0.1, 0.15) is 11.5 Å². The van der Waals surface area contributed by atoms with Crippen LogP contribution in [0.3, 0.4) is 0 Å². The average Bonchev–Trinajstić information content (AvgIpc) is 3.55. The first-order valence-electron chi connectivity index (χ1n) is 12.5. The molecule has 0 saturated heterocycles. The summed E-state index contributed by atoms with van der Waals surface area (Å²) in [7, 11) is 0. The van der Waals surface area contributed by atoms with Crippen molar-refractivity contribution >= 4 is 62.5 Å². The molecule has 0 saturated carbocycles. The Balaban J connectivity index is 1.24. The minimum absolute atomic E-state index is 0.0299. The van der Waals surface area contributed by atoms with Crippen molar-refractivity contribution in [3.05, 3.63) is 99.3 Å². The van der Waals surface area contributed by atoms with Crippen LogP contribution in [0.4, 0.5) is 17.1 Å². The Hall–Kier alpha value is -4.28. The summed E-state index contributed by atoms with van der Waals surface area (Å²) in [5, 5.41) is 13.6. The number of thiazole rings is 1. The summed E-state index contributed by atoms with van der Waals surface area (Å²) in [6.07, 6.45) is 1.63. The Labute approximate surface area is 239 Å². The molecule has 1 atom stereocenters. The third-order valence-corrected chi connectivity index (χ3v) is 8.47. The summed E-state index contributed by atoms with van der Waals surface area (Å²) >= 11 is 2.96. The van der Waals surface area contributed by atoms with Gasteiger partial charge in [-0.2, -0.15) is 0 Å². The molecule has 5 aromatic rings. The number of hydrogen-bond acceptors (Lipinski definition) is 8. The summed E-state index contributed by atoms with van der Waals surface area (Å²) in [5.74, 6) is 1.10. The van der Waals surface area contributed by atoms with Gasteiger partial charge in [0.25, 0.3) is 5.69 Å². The number of anilines is 1. The van der Waals surface area contributed by atoms with Gasteiger partial charge in [-0.3, -0.25) is 19.9 Å². The zero-order valence-corrected chi connectivity index (χ0v) is 23.9. The van der Waals surface area contributed by atoms with Crippen LogP contribution in [0.2, 0.25) is 0 Å². The Kier molecular flexibility index (Phi) is 7.81. The van der Waals surface area contributed by atoms with Crippen molar-refractivity contribution in [1.29, 1.82) is 0 Å². The number of nitro benzene ring substituents is 1. The van der Waals surface area contributed by atoms with Crippen LogP contribution in [0.5, 0.6) is 0 Å². The van der Waals surface area contributed by atoms with Crippen LogP contribution < -0.4 is 5.32 Å². The van der Waals surface area contributed by atoms with Gasteiger partial charge in [0.05, 0.1) is 32.3 Å². The Morgan fingerprint density at radius 1 is 1.07 bits per heavy atom. The van der Waals surface area contributed by atoms with E-state index in [9.17, 15) is 14.9 Å². The lowest BCUT2D eigenvalue weighted by molar-refractivity contribution is -0.384. The molecule has 202 valence electrons. The number of nitro groups is 1. The van der Waals surface area contributed by atoms with E-state index in [0.717, 1.165) is 42.6 Å². The van der Waals surface area contributed by atoms with Crippen LogP contribution >= 0.6 is 23.1 Å². The van der Waals surface area contributed by atoms with Crippen LogP contribution in [-0.4, -0.2) is 27.3 Å². The highest BCUT2D eigenvalue weighted by atomic mass is 32.2. The number of non-ortho nitro benzene ring substituents is 1. The Morgan fingerprint density at radius 2 is 1.80 bits per heavy atom. The van der Waals surface area contributed by atoms with E-state index in [4.69, 9.17) is 9.40 Å². The number of carbonyl (C=O) groups excluding carboxylic acids is 1. The highest BCUT2D eigenvalue weighted by Crippen LogP contribution is 2.35. The third-order valence-electron chi connectivity index (χ3n) is 6.25. The van der Waals surface area contributed by atoms with E-state index >= 15 is 0 Å². The number of furan rings is 1. The lowest BCUT2D eigenvalue weighted by atomic mass is 10.1. The molecular formula is C30H26N4O4S2. The quantitative estimate of drug-likeness (QED) is 0.0870. The minimum atomic E-state index is -0.433. The molecule has 1 amide bonds. The van der Waals surface area contributed by atoms with Crippen molar-refractivity contribution < 1.29 is 14.1 Å². The zero-order chi connectivity index (χ0) is 28.4. The smallest absolute Gasteiger partial charge is 0.269 e. The van der Waals surface area contributed by atoms with Crippen molar-refractivity contribution in [2.24, 2.45) is 4.99 Å². The molecule has 0 radical (unpaired) electrons. The van der Waals surface area contributed by atoms with E-state index in [2.05, 4.69) is 22.4 Å². The molecule has 0 aliphatic carbocycles. The molecule has 0 spiro atoms. The molecule has 0 bridgehead atoms. The lowest BCUT2D eigenvalue weighted by Crippen LogP contribution is -2.23. The number of thioether (sulfide) groups is 1. The van der Waals surface area contributed by atoms with Crippen LogP contribution in [0, 0.1) is 30.9 Å². The molecule has 10 heteroatoms. The Morgan fingerprint density at radius 3 is 2.50 bits per heavy atom. The van der Waals surface area contributed by atoms with E-state index in [1.807, 2.05) is 45.9 Å². The van der Waals surface area contributed by atoms with Crippen molar-refractivity contribution in [1.82, 2.24) is 4.98 Å². The molecule has 5 rings (SSSR count). The Bertz CT molecular complexity index is 1730. The van der Waals surface area contributed by atoms with Gasteiger partial charge in [-0.05, 0) is 81.3 Å². The predicted octanol–water partition coefficient (Wildman–Crippen LogP) is 8.26. The number of nitrogens with zero attached hydrogens (tertiary/aromatic N) is 3. The normalized spacial score (nSPS) is 12.2. The molecular weight excluding hydrogens is 544 g/mol. The maximum absolute atomic E-state index is 12.9. The van der Waals surface area contributed by atoms with E-state index in [1.165, 1.54) is 40.8 Å². The van der Waals surface area contributed by atoms with Crippen molar-refractivity contribution in [3.63, 3.8) is 0 Å². The second-order valence-corrected chi connectivity index (χ2v) is 12.0. The lowest BCUT2D eigenvalue weighted by Gasteiger charge is -2.15. The minimum Gasteiger partial charge on any atom is -0.455 e. The number of aromatic nitrogens is 1. The first-order valence-corrected chi connectivity index (χ1v) is 14.2. The van der Waals surface area contributed by atoms with Gasteiger partial charge >= 0.3 is 0 Å². The largest absolute Gasteiger partial charge is 0.455 e. The predicted molar refractivity (Wildman–Crippen MR) is 162 cm³/mol. The first kappa shape index (κ1) is 27.3. The molecule has 8 nitrogen and oxygen atoms in total. The fourth-order valence-corrected chi connectivity index (χ4v) is 6.54. The molecule has 2 heterocycles. The molecule has 0 aliphatic heterocycles. The second-order valence-electron chi connectivity index (χ2n) is 9.42. The molecule has 2 aromatic heterocycles. The number of amides is 1. The number of benzene rings is 3. The maximum atomic E-state index is 12.9. The number of rotatable bonds is 8. The van der Waals surface area contributed by atoms with Crippen LogP contribution in [0.25, 0.3) is 21.5 Å². The van der Waals surface area contributed by atoms with Gasteiger partial charge in [0.15, 0.2) is 4.34 Å². The van der Waals surface area contributed by atoms with Gasteiger partial charge < -0.3 is 9.73 Å². The van der Waals surface area contributed by atoms with E-state index in [-0.39, 0.29) is 16.8 Å². The molecule has 1 unspecified atom stereocenters. The van der Waals surface area contributed by atoms with Crippen molar-refractivity contribution in [2.45, 2.75) is 37.3 Å². The van der Waals surface area contributed by atoms with E-state index in [1.54, 1.807) is 30.5 Å². The molecule has 1 N–H and O–H groups in total. The molecule has 0 fully saturated rings. The summed E-state index contributed by atoms with van der Waals surface area (Å²) in [4.78, 5) is 32.6. The second kappa shape index (κ2) is 11.4. The number of aryl methyl sites for hydroxylation is 3. The number of carbonyl (C=O) groups is 1. The van der Waals surface area contributed by atoms with E-state index < -0.39 is 4.92 Å². The van der Waals surface area contributed by atoms with E-state index in [0.29, 0.717) is 11.5 Å². The zero-order valence-electron chi connectivity index (χ0n) is 22.3. The number of nitrogens with one attached hydrogen (secondary N) is 1. The van der Waals surface area contributed by atoms with Crippen molar-refractivity contribution in [3.8, 4) is 11.3 Å². The van der Waals surface area contributed by atoms with Gasteiger partial charge in [-0.15, -0.1) is 11.3 Å². The van der Waals surface area contributed by atoms with Crippen LogP contribution in [0.1, 0.15) is 29.4 Å². The van der Waals surface area contributed by atoms with Gasteiger partial charge in [0, 0.05) is 23.4 Å².